The lowest BCUT2D eigenvalue weighted by Gasteiger charge is -2.07. The normalized spacial score (nSPS) is 9.67. The monoisotopic (exact) mass is 297 g/mol. The van der Waals surface area contributed by atoms with Crippen molar-refractivity contribution in [3.05, 3.63) is 60.2 Å². The van der Waals surface area contributed by atoms with E-state index in [1.54, 1.807) is 36.0 Å². The fraction of sp³-hybridized carbons (Fsp3) is 0.125. The number of nitrogens with one attached hydrogen (secondary N) is 2. The topological polar surface area (TPSA) is 64.9 Å². The number of hydrogen-bond acceptors (Lipinski definition) is 3. The van der Waals surface area contributed by atoms with Gasteiger partial charge in [0.15, 0.2) is 0 Å². The summed E-state index contributed by atoms with van der Waals surface area (Å²) in [5.74, 6) is 0.810. The third kappa shape index (κ3) is 5.21. The minimum Gasteiger partial charge on any atom is -0.337 e. The summed E-state index contributed by atoms with van der Waals surface area (Å²) in [4.78, 5) is 12.9. The number of urea groups is 1. The maximum atomic E-state index is 11.7. The maximum absolute atomic E-state index is 11.7. The summed E-state index contributed by atoms with van der Waals surface area (Å²) in [6.07, 6.45) is 0. The van der Waals surface area contributed by atoms with Crippen molar-refractivity contribution in [3.8, 4) is 6.07 Å². The molecule has 2 rings (SSSR count). The first-order valence-corrected chi connectivity index (χ1v) is 7.49. The number of carbonyl (C=O) groups is 1. The molecule has 0 saturated carbocycles. The molecule has 5 heteroatoms. The molecule has 4 nitrogen and oxygen atoms in total. The second-order valence-electron chi connectivity index (χ2n) is 4.23. The molecule has 0 spiro atoms. The lowest BCUT2D eigenvalue weighted by atomic mass is 10.2. The van der Waals surface area contributed by atoms with Crippen LogP contribution in [0.25, 0.3) is 0 Å². The molecule has 0 unspecified atom stereocenters. The Balaban J connectivity index is 1.69. The van der Waals surface area contributed by atoms with Crippen molar-refractivity contribution in [2.45, 2.75) is 4.90 Å². The Morgan fingerprint density at radius 2 is 1.81 bits per heavy atom. The van der Waals surface area contributed by atoms with Gasteiger partial charge in [0.05, 0.1) is 11.6 Å². The first-order chi connectivity index (χ1) is 10.3. The molecule has 106 valence electrons. The van der Waals surface area contributed by atoms with E-state index >= 15 is 0 Å². The van der Waals surface area contributed by atoms with Gasteiger partial charge in [-0.25, -0.2) is 4.79 Å². The highest BCUT2D eigenvalue weighted by atomic mass is 32.2. The second-order valence-corrected chi connectivity index (χ2v) is 5.40. The quantitative estimate of drug-likeness (QED) is 0.656. The highest BCUT2D eigenvalue weighted by Gasteiger charge is 2.01. The zero-order valence-corrected chi connectivity index (χ0v) is 12.2. The number of nitriles is 1. The predicted molar refractivity (Wildman–Crippen MR) is 85.3 cm³/mol. The molecule has 0 atom stereocenters. The van der Waals surface area contributed by atoms with Gasteiger partial charge in [-0.3, -0.25) is 0 Å². The largest absolute Gasteiger partial charge is 0.337 e. The van der Waals surface area contributed by atoms with Crippen LogP contribution in [0.4, 0.5) is 10.5 Å². The zero-order valence-electron chi connectivity index (χ0n) is 11.4. The summed E-state index contributed by atoms with van der Waals surface area (Å²) < 4.78 is 0. The molecule has 0 bridgehead atoms. The van der Waals surface area contributed by atoms with Crippen LogP contribution in [0.3, 0.4) is 0 Å². The maximum Gasteiger partial charge on any atom is 0.319 e. The smallest absolute Gasteiger partial charge is 0.319 e. The summed E-state index contributed by atoms with van der Waals surface area (Å²) in [7, 11) is 0. The molecule has 0 aromatic heterocycles. The fourth-order valence-electron chi connectivity index (χ4n) is 1.65. The van der Waals surface area contributed by atoms with E-state index in [2.05, 4.69) is 10.6 Å². The van der Waals surface area contributed by atoms with E-state index in [4.69, 9.17) is 5.26 Å². The molecule has 0 fully saturated rings. The molecule has 21 heavy (non-hydrogen) atoms. The van der Waals surface area contributed by atoms with Gasteiger partial charge >= 0.3 is 6.03 Å². The van der Waals surface area contributed by atoms with E-state index in [-0.39, 0.29) is 6.03 Å². The molecule has 0 saturated heterocycles. The van der Waals surface area contributed by atoms with Crippen LogP contribution in [0, 0.1) is 11.3 Å². The number of benzene rings is 2. The highest BCUT2D eigenvalue weighted by molar-refractivity contribution is 7.99. The Kier molecular flexibility index (Phi) is 5.68. The molecule has 0 heterocycles. The van der Waals surface area contributed by atoms with Crippen molar-refractivity contribution < 1.29 is 4.79 Å². The van der Waals surface area contributed by atoms with E-state index in [1.165, 1.54) is 4.90 Å². The van der Waals surface area contributed by atoms with Gasteiger partial charge in [-0.05, 0) is 36.4 Å². The third-order valence-electron chi connectivity index (χ3n) is 2.67. The van der Waals surface area contributed by atoms with Crippen LogP contribution in [0.5, 0.6) is 0 Å². The van der Waals surface area contributed by atoms with Gasteiger partial charge in [0.2, 0.25) is 0 Å². The lowest BCUT2D eigenvalue weighted by molar-refractivity contribution is 0.252. The van der Waals surface area contributed by atoms with Crippen LogP contribution < -0.4 is 10.6 Å². The number of hydrogen-bond donors (Lipinski definition) is 2. The van der Waals surface area contributed by atoms with Gasteiger partial charge in [0.25, 0.3) is 0 Å². The first-order valence-electron chi connectivity index (χ1n) is 6.51. The van der Waals surface area contributed by atoms with E-state index in [0.717, 1.165) is 5.75 Å². The molecule has 0 radical (unpaired) electrons. The van der Waals surface area contributed by atoms with Crippen LogP contribution in [0.15, 0.2) is 59.5 Å². The Morgan fingerprint density at radius 1 is 1.10 bits per heavy atom. The van der Waals surface area contributed by atoms with E-state index in [1.807, 2.05) is 36.4 Å². The SMILES string of the molecule is N#Cc1ccc(NC(=O)NCCSc2ccccc2)cc1. The number of amides is 2. The van der Waals surface area contributed by atoms with Crippen molar-refractivity contribution in [1.82, 2.24) is 5.32 Å². The first kappa shape index (κ1) is 14.9. The molecule has 2 aromatic rings. The highest BCUT2D eigenvalue weighted by Crippen LogP contribution is 2.15. The average Bonchev–Trinajstić information content (AvgIpc) is 2.53. The summed E-state index contributed by atoms with van der Waals surface area (Å²) in [5.41, 5.74) is 1.24. The van der Waals surface area contributed by atoms with Crippen LogP contribution >= 0.6 is 11.8 Å². The average molecular weight is 297 g/mol. The van der Waals surface area contributed by atoms with Gasteiger partial charge in [0.1, 0.15) is 0 Å². The molecule has 0 aliphatic carbocycles. The molecule has 2 aromatic carbocycles. The summed E-state index contributed by atoms with van der Waals surface area (Å²) in [6.45, 7) is 0.585. The van der Waals surface area contributed by atoms with Crippen LogP contribution in [-0.2, 0) is 0 Å². The van der Waals surface area contributed by atoms with Gasteiger partial charge in [-0.2, -0.15) is 5.26 Å². The van der Waals surface area contributed by atoms with Crippen molar-refractivity contribution in [3.63, 3.8) is 0 Å². The fourth-order valence-corrected chi connectivity index (χ4v) is 2.44. The lowest BCUT2D eigenvalue weighted by Crippen LogP contribution is -2.30. The molecular formula is C16H15N3OS. The number of thioether (sulfide) groups is 1. The Hall–Kier alpha value is -2.45. The van der Waals surface area contributed by atoms with Crippen LogP contribution in [0.2, 0.25) is 0 Å². The molecule has 0 aliphatic rings. The summed E-state index contributed by atoms with van der Waals surface area (Å²) in [6, 6.07) is 18.6. The van der Waals surface area contributed by atoms with E-state index in [0.29, 0.717) is 17.8 Å². The minimum absolute atomic E-state index is 0.242. The Bertz CT molecular complexity index is 620. The van der Waals surface area contributed by atoms with Crippen LogP contribution in [-0.4, -0.2) is 18.3 Å². The van der Waals surface area contributed by atoms with Crippen molar-refractivity contribution in [1.29, 1.82) is 5.26 Å². The van der Waals surface area contributed by atoms with E-state index < -0.39 is 0 Å². The zero-order chi connectivity index (χ0) is 14.9. The molecular weight excluding hydrogens is 282 g/mol. The molecule has 2 amide bonds. The second kappa shape index (κ2) is 7.98. The van der Waals surface area contributed by atoms with Crippen molar-refractivity contribution in [2.24, 2.45) is 0 Å². The Morgan fingerprint density at radius 3 is 2.48 bits per heavy atom. The number of nitrogens with zero attached hydrogens (tertiary/aromatic N) is 1. The standard InChI is InChI=1S/C16H15N3OS/c17-12-13-6-8-14(9-7-13)19-16(20)18-10-11-21-15-4-2-1-3-5-15/h1-9H,10-11H2,(H2,18,19,20). The summed E-state index contributed by atoms with van der Waals surface area (Å²) in [5, 5.41) is 14.2. The number of carbonyl (C=O) groups excluding carboxylic acids is 1. The van der Waals surface area contributed by atoms with Gasteiger partial charge in [-0.15, -0.1) is 11.8 Å². The van der Waals surface area contributed by atoms with Crippen LogP contribution in [0.1, 0.15) is 5.56 Å². The molecule has 2 N–H and O–H groups in total. The van der Waals surface area contributed by atoms with Gasteiger partial charge < -0.3 is 10.6 Å². The van der Waals surface area contributed by atoms with Crippen molar-refractivity contribution >= 4 is 23.5 Å². The van der Waals surface area contributed by atoms with Gasteiger partial charge in [-0.1, -0.05) is 18.2 Å². The minimum atomic E-state index is -0.242. The molecule has 0 aliphatic heterocycles. The van der Waals surface area contributed by atoms with E-state index in [9.17, 15) is 4.79 Å². The number of anilines is 1. The van der Waals surface area contributed by atoms with Crippen molar-refractivity contribution in [2.75, 3.05) is 17.6 Å². The predicted octanol–water partition coefficient (Wildman–Crippen LogP) is 3.47. The Labute approximate surface area is 128 Å². The number of rotatable bonds is 5. The van der Waals surface area contributed by atoms with Gasteiger partial charge in [0, 0.05) is 22.9 Å². The summed E-state index contributed by atoms with van der Waals surface area (Å²) >= 11 is 1.70. The third-order valence-corrected chi connectivity index (χ3v) is 3.69.